The number of alkyl halides is 1. The number of rotatable bonds is 4. The van der Waals surface area contributed by atoms with E-state index in [9.17, 15) is 0 Å². The van der Waals surface area contributed by atoms with E-state index >= 15 is 0 Å². The lowest BCUT2D eigenvalue weighted by atomic mass is 9.79. The molecule has 3 nitrogen and oxygen atoms in total. The summed E-state index contributed by atoms with van der Waals surface area (Å²) in [4.78, 5) is 0. The molecule has 18 heavy (non-hydrogen) atoms. The molecule has 2 rings (SSSR count). The molecule has 0 aliphatic carbocycles. The molecule has 5 heteroatoms. The van der Waals surface area contributed by atoms with Crippen molar-refractivity contribution in [3.05, 3.63) is 36.6 Å². The first-order chi connectivity index (χ1) is 8.53. The zero-order chi connectivity index (χ0) is 13.2. The van der Waals surface area contributed by atoms with E-state index in [2.05, 4.69) is 22.5 Å². The molecule has 1 aromatic carbocycles. The van der Waals surface area contributed by atoms with Gasteiger partial charge in [0, 0.05) is 10.8 Å². The first kappa shape index (κ1) is 13.5. The summed E-state index contributed by atoms with van der Waals surface area (Å²) in [7, 11) is -0.403. The van der Waals surface area contributed by atoms with Crippen LogP contribution in [0, 0.1) is 0 Å². The molecule has 1 fully saturated rings. The summed E-state index contributed by atoms with van der Waals surface area (Å²) in [6.45, 7) is 8.39. The summed E-state index contributed by atoms with van der Waals surface area (Å²) in [6.07, 6.45) is 0. The summed E-state index contributed by atoms with van der Waals surface area (Å²) >= 11 is 3.33. The van der Waals surface area contributed by atoms with Gasteiger partial charge in [-0.2, -0.15) is 0 Å². The number of halogens is 1. The summed E-state index contributed by atoms with van der Waals surface area (Å²) < 4.78 is 17.0. The molecule has 0 N–H and O–H groups in total. The van der Waals surface area contributed by atoms with Crippen LogP contribution in [0.4, 0.5) is 0 Å². The van der Waals surface area contributed by atoms with Gasteiger partial charge in [0.05, 0.1) is 12.4 Å². The third kappa shape index (κ3) is 2.90. The van der Waals surface area contributed by atoms with Gasteiger partial charge in [-0.15, -0.1) is 0 Å². The van der Waals surface area contributed by atoms with Crippen LogP contribution in [0.5, 0.6) is 5.75 Å². The monoisotopic (exact) mass is 310 g/mol. The Bertz CT molecular complexity index is 448. The van der Waals surface area contributed by atoms with Crippen LogP contribution in [-0.4, -0.2) is 24.7 Å². The Balaban J connectivity index is 2.12. The van der Waals surface area contributed by atoms with E-state index in [4.69, 9.17) is 14.0 Å². The van der Waals surface area contributed by atoms with E-state index in [1.54, 1.807) is 0 Å². The highest BCUT2D eigenvalue weighted by Gasteiger charge is 2.42. The predicted molar refractivity (Wildman–Crippen MR) is 76.5 cm³/mol. The molecule has 0 bridgehead atoms. The van der Waals surface area contributed by atoms with Crippen LogP contribution in [0.3, 0.4) is 0 Å². The molecular formula is C13H16BBrO3. The molecule has 1 heterocycles. The lowest BCUT2D eigenvalue weighted by Crippen LogP contribution is -2.34. The van der Waals surface area contributed by atoms with Crippen molar-refractivity contribution in [3.63, 3.8) is 0 Å². The van der Waals surface area contributed by atoms with Gasteiger partial charge < -0.3 is 14.0 Å². The second kappa shape index (κ2) is 5.37. The number of benzene rings is 1. The van der Waals surface area contributed by atoms with E-state index in [-0.39, 0.29) is 0 Å². The minimum absolute atomic E-state index is 0.403. The SMILES string of the molecule is C=C1OB(c2cccc(OCCBr)c2)OC1(C)C. The Morgan fingerprint density at radius 1 is 1.44 bits per heavy atom. The van der Waals surface area contributed by atoms with Crippen LogP contribution in [0.2, 0.25) is 0 Å². The maximum atomic E-state index is 5.82. The van der Waals surface area contributed by atoms with Gasteiger partial charge in [0.2, 0.25) is 0 Å². The minimum atomic E-state index is -0.447. The lowest BCUT2D eigenvalue weighted by molar-refractivity contribution is 0.173. The highest BCUT2D eigenvalue weighted by Crippen LogP contribution is 2.29. The average molecular weight is 311 g/mol. The quantitative estimate of drug-likeness (QED) is 0.632. The highest BCUT2D eigenvalue weighted by molar-refractivity contribution is 9.09. The number of hydrogen-bond donors (Lipinski definition) is 0. The third-order valence-electron chi connectivity index (χ3n) is 2.80. The topological polar surface area (TPSA) is 27.7 Å². The Labute approximate surface area is 116 Å². The molecule has 0 unspecified atom stereocenters. The van der Waals surface area contributed by atoms with Gasteiger partial charge in [-0.3, -0.25) is 0 Å². The Kier molecular flexibility index (Phi) is 4.02. The highest BCUT2D eigenvalue weighted by atomic mass is 79.9. The fraction of sp³-hybridized carbons (Fsp3) is 0.385. The Morgan fingerprint density at radius 2 is 2.22 bits per heavy atom. The van der Waals surface area contributed by atoms with Crippen molar-refractivity contribution in [1.82, 2.24) is 0 Å². The summed E-state index contributed by atoms with van der Waals surface area (Å²) in [6, 6.07) is 7.74. The van der Waals surface area contributed by atoms with Gasteiger partial charge >= 0.3 is 7.12 Å². The average Bonchev–Trinajstić information content (AvgIpc) is 2.62. The maximum absolute atomic E-state index is 5.82. The molecule has 96 valence electrons. The molecule has 1 aliphatic heterocycles. The molecule has 1 aliphatic rings. The maximum Gasteiger partial charge on any atom is 0.563 e. The Morgan fingerprint density at radius 3 is 2.83 bits per heavy atom. The fourth-order valence-electron chi connectivity index (χ4n) is 1.67. The second-order valence-electron chi connectivity index (χ2n) is 4.61. The van der Waals surface area contributed by atoms with Crippen molar-refractivity contribution in [2.24, 2.45) is 0 Å². The summed E-state index contributed by atoms with van der Waals surface area (Å²) in [5.74, 6) is 1.47. The molecule has 0 radical (unpaired) electrons. The van der Waals surface area contributed by atoms with Gasteiger partial charge in [-0.1, -0.05) is 34.6 Å². The van der Waals surface area contributed by atoms with E-state index in [1.807, 2.05) is 38.1 Å². The van der Waals surface area contributed by atoms with Crippen molar-refractivity contribution in [3.8, 4) is 5.75 Å². The van der Waals surface area contributed by atoms with Crippen LogP contribution in [0.1, 0.15) is 13.8 Å². The number of hydrogen-bond acceptors (Lipinski definition) is 3. The van der Waals surface area contributed by atoms with Crippen LogP contribution in [0.15, 0.2) is 36.6 Å². The summed E-state index contributed by atoms with van der Waals surface area (Å²) in [5, 5.41) is 0.803. The van der Waals surface area contributed by atoms with Gasteiger partial charge in [0.1, 0.15) is 11.4 Å². The molecule has 0 atom stereocenters. The van der Waals surface area contributed by atoms with E-state index < -0.39 is 12.7 Å². The van der Waals surface area contributed by atoms with E-state index in [0.29, 0.717) is 12.4 Å². The summed E-state index contributed by atoms with van der Waals surface area (Å²) in [5.41, 5.74) is 0.492. The van der Waals surface area contributed by atoms with Gasteiger partial charge in [-0.25, -0.2) is 0 Å². The van der Waals surface area contributed by atoms with Crippen LogP contribution >= 0.6 is 15.9 Å². The largest absolute Gasteiger partial charge is 0.563 e. The second-order valence-corrected chi connectivity index (χ2v) is 5.40. The van der Waals surface area contributed by atoms with Crippen molar-refractivity contribution in [2.75, 3.05) is 11.9 Å². The van der Waals surface area contributed by atoms with E-state index in [1.165, 1.54) is 0 Å². The fourth-order valence-corrected chi connectivity index (χ4v) is 1.83. The normalized spacial score (nSPS) is 17.7. The first-order valence-corrected chi connectivity index (χ1v) is 6.97. The van der Waals surface area contributed by atoms with Gasteiger partial charge in [0.25, 0.3) is 0 Å². The molecule has 0 saturated carbocycles. The van der Waals surface area contributed by atoms with Crippen LogP contribution in [-0.2, 0) is 9.31 Å². The standard InChI is InChI=1S/C13H16BBrO3/c1-10-13(2,3)18-14(17-10)11-5-4-6-12(9-11)16-8-7-15/h4-6,9H,1,7-8H2,2-3H3. The van der Waals surface area contributed by atoms with Crippen molar-refractivity contribution < 1.29 is 14.0 Å². The van der Waals surface area contributed by atoms with Crippen molar-refractivity contribution in [2.45, 2.75) is 19.4 Å². The smallest absolute Gasteiger partial charge is 0.534 e. The molecule has 1 saturated heterocycles. The first-order valence-electron chi connectivity index (χ1n) is 5.85. The van der Waals surface area contributed by atoms with Crippen molar-refractivity contribution >= 4 is 28.5 Å². The predicted octanol–water partition coefficient (Wildman–Crippen LogP) is 2.49. The van der Waals surface area contributed by atoms with Gasteiger partial charge in [0.15, 0.2) is 0 Å². The molecule has 1 aromatic rings. The Hall–Kier alpha value is -0.935. The third-order valence-corrected chi connectivity index (χ3v) is 3.12. The molecule has 0 amide bonds. The van der Waals surface area contributed by atoms with E-state index in [0.717, 1.165) is 16.5 Å². The number of ether oxygens (including phenoxy) is 1. The van der Waals surface area contributed by atoms with Gasteiger partial charge in [-0.05, 0) is 26.0 Å². The molecule has 0 spiro atoms. The van der Waals surface area contributed by atoms with Crippen molar-refractivity contribution in [1.29, 1.82) is 0 Å². The van der Waals surface area contributed by atoms with Crippen LogP contribution in [0.25, 0.3) is 0 Å². The zero-order valence-corrected chi connectivity index (χ0v) is 12.2. The minimum Gasteiger partial charge on any atom is -0.534 e. The van der Waals surface area contributed by atoms with Crippen LogP contribution < -0.4 is 10.2 Å². The zero-order valence-electron chi connectivity index (χ0n) is 10.6. The molecular weight excluding hydrogens is 295 g/mol. The lowest BCUT2D eigenvalue weighted by Gasteiger charge is -2.15. The molecule has 0 aromatic heterocycles.